The zero-order valence-corrected chi connectivity index (χ0v) is 14.5. The molecule has 0 spiro atoms. The summed E-state index contributed by atoms with van der Waals surface area (Å²) in [5.41, 5.74) is 2.23. The Labute approximate surface area is 144 Å². The van der Waals surface area contributed by atoms with Gasteiger partial charge in [-0.3, -0.25) is 4.79 Å². The van der Waals surface area contributed by atoms with E-state index in [9.17, 15) is 4.79 Å². The number of morpholine rings is 1. The zero-order chi connectivity index (χ0) is 16.8. The van der Waals surface area contributed by atoms with E-state index in [1.54, 1.807) is 0 Å². The number of amides is 1. The van der Waals surface area contributed by atoms with Crippen LogP contribution in [0.15, 0.2) is 18.2 Å². The van der Waals surface area contributed by atoms with Crippen molar-refractivity contribution in [2.75, 3.05) is 19.7 Å². The van der Waals surface area contributed by atoms with E-state index >= 15 is 0 Å². The normalized spacial score (nSPS) is 21.6. The maximum atomic E-state index is 12.1. The Balaban J connectivity index is 1.54. The van der Waals surface area contributed by atoms with E-state index in [4.69, 9.17) is 9.47 Å². The van der Waals surface area contributed by atoms with Crippen molar-refractivity contribution in [3.8, 4) is 5.75 Å². The number of benzene rings is 1. The molecule has 2 N–H and O–H groups in total. The summed E-state index contributed by atoms with van der Waals surface area (Å²) in [5.74, 6) is 0.939. The first-order valence-corrected chi connectivity index (χ1v) is 9.06. The predicted molar refractivity (Wildman–Crippen MR) is 93.1 cm³/mol. The van der Waals surface area contributed by atoms with E-state index in [2.05, 4.69) is 35.8 Å². The number of carbonyl (C=O) groups is 1. The minimum atomic E-state index is -0.0222. The molecule has 1 aliphatic heterocycles. The van der Waals surface area contributed by atoms with E-state index < -0.39 is 0 Å². The maximum absolute atomic E-state index is 12.1. The lowest BCUT2D eigenvalue weighted by atomic mass is 10.1. The van der Waals surface area contributed by atoms with E-state index in [1.807, 2.05) is 0 Å². The van der Waals surface area contributed by atoms with Gasteiger partial charge in [-0.15, -0.1) is 0 Å². The molecule has 1 saturated carbocycles. The summed E-state index contributed by atoms with van der Waals surface area (Å²) in [6, 6.07) is 6.20. The smallest absolute Gasteiger partial charge is 0.222 e. The van der Waals surface area contributed by atoms with E-state index in [0.29, 0.717) is 25.7 Å². The SMILES string of the molecule is Cc1ccc(CNC(=O)C[C@@H]2CNCCO2)c(OC2CCCC2)c1. The number of hydrogen-bond acceptors (Lipinski definition) is 4. The Morgan fingerprint density at radius 2 is 2.21 bits per heavy atom. The molecule has 24 heavy (non-hydrogen) atoms. The summed E-state index contributed by atoms with van der Waals surface area (Å²) in [5, 5.41) is 6.25. The van der Waals surface area contributed by atoms with Crippen molar-refractivity contribution >= 4 is 5.91 Å². The lowest BCUT2D eigenvalue weighted by Gasteiger charge is -2.23. The number of rotatable bonds is 6. The largest absolute Gasteiger partial charge is 0.490 e. The summed E-state index contributed by atoms with van der Waals surface area (Å²) in [6.45, 7) is 4.85. The first kappa shape index (κ1) is 17.2. The molecule has 1 aromatic rings. The first-order chi connectivity index (χ1) is 11.7. The maximum Gasteiger partial charge on any atom is 0.222 e. The second-order valence-corrected chi connectivity index (χ2v) is 6.81. The third kappa shape index (κ3) is 4.95. The van der Waals surface area contributed by atoms with Gasteiger partial charge in [0.2, 0.25) is 5.91 Å². The predicted octanol–water partition coefficient (Wildman–Crippen LogP) is 2.31. The standard InChI is InChI=1S/C19H28N2O3/c1-14-6-7-15(18(10-14)24-16-4-2-3-5-16)12-21-19(22)11-17-13-20-8-9-23-17/h6-7,10,16-17,20H,2-5,8-9,11-13H2,1H3,(H,21,22)/t17-/m1/s1. The Morgan fingerprint density at radius 1 is 1.38 bits per heavy atom. The van der Waals surface area contributed by atoms with Gasteiger partial charge in [-0.1, -0.05) is 12.1 Å². The molecule has 2 fully saturated rings. The van der Waals surface area contributed by atoms with Gasteiger partial charge in [-0.25, -0.2) is 0 Å². The fourth-order valence-electron chi connectivity index (χ4n) is 3.33. The zero-order valence-electron chi connectivity index (χ0n) is 14.5. The van der Waals surface area contributed by atoms with E-state index in [-0.39, 0.29) is 12.0 Å². The molecule has 1 saturated heterocycles. The van der Waals surface area contributed by atoms with Crippen molar-refractivity contribution in [1.82, 2.24) is 10.6 Å². The summed E-state index contributed by atoms with van der Waals surface area (Å²) >= 11 is 0. The van der Waals surface area contributed by atoms with Gasteiger partial charge in [-0.05, 0) is 44.2 Å². The van der Waals surface area contributed by atoms with Crippen LogP contribution in [0, 0.1) is 6.92 Å². The number of hydrogen-bond donors (Lipinski definition) is 2. The number of carbonyl (C=O) groups excluding carboxylic acids is 1. The van der Waals surface area contributed by atoms with Gasteiger partial charge in [0, 0.05) is 25.2 Å². The third-order valence-corrected chi connectivity index (χ3v) is 4.71. The van der Waals surface area contributed by atoms with Crippen LogP contribution in [0.1, 0.15) is 43.2 Å². The van der Waals surface area contributed by atoms with Gasteiger partial charge in [0.05, 0.1) is 25.2 Å². The second kappa shape index (κ2) is 8.49. The minimum Gasteiger partial charge on any atom is -0.490 e. The van der Waals surface area contributed by atoms with Gasteiger partial charge in [0.15, 0.2) is 0 Å². The molecule has 1 aromatic carbocycles. The second-order valence-electron chi connectivity index (χ2n) is 6.81. The van der Waals surface area contributed by atoms with Crippen LogP contribution in [-0.2, 0) is 16.1 Å². The van der Waals surface area contributed by atoms with Crippen LogP contribution in [0.3, 0.4) is 0 Å². The van der Waals surface area contributed by atoms with Gasteiger partial charge in [0.1, 0.15) is 5.75 Å². The van der Waals surface area contributed by atoms with Gasteiger partial charge in [-0.2, -0.15) is 0 Å². The van der Waals surface area contributed by atoms with Crippen molar-refractivity contribution in [3.05, 3.63) is 29.3 Å². The Bertz CT molecular complexity index is 550. The molecule has 3 rings (SSSR count). The summed E-state index contributed by atoms with van der Waals surface area (Å²) in [4.78, 5) is 12.1. The van der Waals surface area contributed by atoms with E-state index in [0.717, 1.165) is 37.2 Å². The first-order valence-electron chi connectivity index (χ1n) is 9.06. The summed E-state index contributed by atoms with van der Waals surface area (Å²) in [6.07, 6.45) is 5.46. The van der Waals surface area contributed by atoms with Crippen LogP contribution in [0.5, 0.6) is 5.75 Å². The molecule has 0 bridgehead atoms. The van der Waals surface area contributed by atoms with Crippen molar-refractivity contribution < 1.29 is 14.3 Å². The van der Waals surface area contributed by atoms with Crippen LogP contribution in [0.4, 0.5) is 0 Å². The van der Waals surface area contributed by atoms with E-state index in [1.165, 1.54) is 18.4 Å². The molecular formula is C19H28N2O3. The van der Waals surface area contributed by atoms with Gasteiger partial charge >= 0.3 is 0 Å². The minimum absolute atomic E-state index is 0.0222. The lowest BCUT2D eigenvalue weighted by molar-refractivity contribution is -0.124. The molecule has 1 heterocycles. The molecule has 2 aliphatic rings. The highest BCUT2D eigenvalue weighted by Gasteiger charge is 2.19. The van der Waals surface area contributed by atoms with Crippen LogP contribution >= 0.6 is 0 Å². The van der Waals surface area contributed by atoms with Crippen LogP contribution in [0.2, 0.25) is 0 Å². The Hall–Kier alpha value is -1.59. The molecule has 1 aliphatic carbocycles. The number of ether oxygens (including phenoxy) is 2. The van der Waals surface area contributed by atoms with Crippen LogP contribution < -0.4 is 15.4 Å². The summed E-state index contributed by atoms with van der Waals surface area (Å²) < 4.78 is 11.8. The molecule has 0 radical (unpaired) electrons. The highest BCUT2D eigenvalue weighted by molar-refractivity contribution is 5.76. The van der Waals surface area contributed by atoms with Crippen LogP contribution in [-0.4, -0.2) is 37.8 Å². The fraction of sp³-hybridized carbons (Fsp3) is 0.632. The van der Waals surface area contributed by atoms with Crippen molar-refractivity contribution in [2.45, 2.75) is 57.8 Å². The third-order valence-electron chi connectivity index (χ3n) is 4.71. The van der Waals surface area contributed by atoms with Gasteiger partial charge in [0.25, 0.3) is 0 Å². The molecular weight excluding hydrogens is 304 g/mol. The molecule has 5 heteroatoms. The quantitative estimate of drug-likeness (QED) is 0.839. The van der Waals surface area contributed by atoms with Gasteiger partial charge < -0.3 is 20.1 Å². The molecule has 1 amide bonds. The highest BCUT2D eigenvalue weighted by Crippen LogP contribution is 2.27. The average Bonchev–Trinajstić information content (AvgIpc) is 3.08. The lowest BCUT2D eigenvalue weighted by Crippen LogP contribution is -2.41. The number of aryl methyl sites for hydroxylation is 1. The molecule has 5 nitrogen and oxygen atoms in total. The Morgan fingerprint density at radius 3 is 2.96 bits per heavy atom. The topological polar surface area (TPSA) is 59.6 Å². The molecule has 0 unspecified atom stereocenters. The van der Waals surface area contributed by atoms with Crippen LogP contribution in [0.25, 0.3) is 0 Å². The van der Waals surface area contributed by atoms with Crippen molar-refractivity contribution in [1.29, 1.82) is 0 Å². The Kier molecular flexibility index (Phi) is 6.10. The highest BCUT2D eigenvalue weighted by atomic mass is 16.5. The summed E-state index contributed by atoms with van der Waals surface area (Å²) in [7, 11) is 0. The molecule has 0 aromatic heterocycles. The fourth-order valence-corrected chi connectivity index (χ4v) is 3.33. The number of nitrogens with one attached hydrogen (secondary N) is 2. The van der Waals surface area contributed by atoms with Crippen molar-refractivity contribution in [2.24, 2.45) is 0 Å². The average molecular weight is 332 g/mol. The molecule has 1 atom stereocenters. The monoisotopic (exact) mass is 332 g/mol. The molecule has 132 valence electrons. The van der Waals surface area contributed by atoms with Crippen molar-refractivity contribution in [3.63, 3.8) is 0 Å².